The summed E-state index contributed by atoms with van der Waals surface area (Å²) in [6.07, 6.45) is 1.85. The van der Waals surface area contributed by atoms with Crippen LogP contribution in [0.15, 0.2) is 48.5 Å². The van der Waals surface area contributed by atoms with E-state index in [9.17, 15) is 14.0 Å². The van der Waals surface area contributed by atoms with Crippen LogP contribution in [0.5, 0.6) is 5.75 Å². The number of ether oxygens (including phenoxy) is 1. The molecule has 2 amide bonds. The average molecular weight is 400 g/mol. The standard InChI is InChI=1S/C23H29FN2O3/c1-4-5-13-25-23(28)18(3)26(15-19-9-11-20(24)12-10-19)22(27)16-29-21-8-6-7-17(2)14-21/h6-12,14,18H,4-5,13,15-16H2,1-3H3,(H,25,28)/t18-/m0/s1. The number of nitrogens with one attached hydrogen (secondary N) is 1. The van der Waals surface area contributed by atoms with Gasteiger partial charge in [-0.1, -0.05) is 37.6 Å². The second-order valence-electron chi connectivity index (χ2n) is 7.07. The monoisotopic (exact) mass is 400 g/mol. The molecule has 0 radical (unpaired) electrons. The molecule has 0 heterocycles. The van der Waals surface area contributed by atoms with E-state index in [1.165, 1.54) is 17.0 Å². The van der Waals surface area contributed by atoms with Gasteiger partial charge in [-0.05, 0) is 55.7 Å². The molecule has 0 unspecified atom stereocenters. The maximum absolute atomic E-state index is 13.2. The van der Waals surface area contributed by atoms with Crippen LogP contribution in [0.25, 0.3) is 0 Å². The van der Waals surface area contributed by atoms with Crippen LogP contribution in [0.3, 0.4) is 0 Å². The van der Waals surface area contributed by atoms with Gasteiger partial charge in [0.1, 0.15) is 17.6 Å². The van der Waals surface area contributed by atoms with Gasteiger partial charge in [-0.25, -0.2) is 4.39 Å². The van der Waals surface area contributed by atoms with Crippen LogP contribution in [0.4, 0.5) is 4.39 Å². The lowest BCUT2D eigenvalue weighted by Crippen LogP contribution is -2.49. The molecule has 0 saturated heterocycles. The lowest BCUT2D eigenvalue weighted by Gasteiger charge is -2.28. The number of amides is 2. The van der Waals surface area contributed by atoms with E-state index in [4.69, 9.17) is 4.74 Å². The molecule has 2 aromatic carbocycles. The molecule has 0 fully saturated rings. The zero-order chi connectivity index (χ0) is 21.2. The van der Waals surface area contributed by atoms with Crippen molar-refractivity contribution in [1.82, 2.24) is 10.2 Å². The van der Waals surface area contributed by atoms with E-state index >= 15 is 0 Å². The minimum Gasteiger partial charge on any atom is -0.484 e. The zero-order valence-corrected chi connectivity index (χ0v) is 17.3. The van der Waals surface area contributed by atoms with Crippen LogP contribution in [-0.4, -0.2) is 35.9 Å². The SMILES string of the molecule is CCCCNC(=O)[C@H](C)N(Cc1ccc(F)cc1)C(=O)COc1cccc(C)c1. The van der Waals surface area contributed by atoms with E-state index in [0.29, 0.717) is 12.3 Å². The number of rotatable bonds is 10. The Morgan fingerprint density at radius 3 is 2.55 bits per heavy atom. The van der Waals surface area contributed by atoms with E-state index in [1.807, 2.05) is 32.0 Å². The fourth-order valence-electron chi connectivity index (χ4n) is 2.84. The molecule has 0 aliphatic rings. The van der Waals surface area contributed by atoms with E-state index in [-0.39, 0.29) is 30.8 Å². The van der Waals surface area contributed by atoms with Gasteiger partial charge in [0, 0.05) is 13.1 Å². The highest BCUT2D eigenvalue weighted by Crippen LogP contribution is 2.14. The fourth-order valence-corrected chi connectivity index (χ4v) is 2.84. The van der Waals surface area contributed by atoms with Gasteiger partial charge in [-0.3, -0.25) is 9.59 Å². The summed E-state index contributed by atoms with van der Waals surface area (Å²) >= 11 is 0. The van der Waals surface area contributed by atoms with Gasteiger partial charge < -0.3 is 15.0 Å². The first-order valence-corrected chi connectivity index (χ1v) is 9.91. The summed E-state index contributed by atoms with van der Waals surface area (Å²) in [7, 11) is 0. The van der Waals surface area contributed by atoms with Crippen LogP contribution >= 0.6 is 0 Å². The lowest BCUT2D eigenvalue weighted by atomic mass is 10.1. The Bertz CT molecular complexity index is 808. The Labute approximate surface area is 171 Å². The van der Waals surface area contributed by atoms with E-state index in [0.717, 1.165) is 24.0 Å². The number of unbranched alkanes of at least 4 members (excludes halogenated alkanes) is 1. The predicted octanol–water partition coefficient (Wildman–Crippen LogP) is 3.85. The number of nitrogens with zero attached hydrogens (tertiary/aromatic N) is 1. The Morgan fingerprint density at radius 1 is 1.17 bits per heavy atom. The second-order valence-corrected chi connectivity index (χ2v) is 7.07. The quantitative estimate of drug-likeness (QED) is 0.617. The highest BCUT2D eigenvalue weighted by Gasteiger charge is 2.26. The molecule has 29 heavy (non-hydrogen) atoms. The van der Waals surface area contributed by atoms with Crippen LogP contribution in [0, 0.1) is 12.7 Å². The Morgan fingerprint density at radius 2 is 1.90 bits per heavy atom. The predicted molar refractivity (Wildman–Crippen MR) is 111 cm³/mol. The van der Waals surface area contributed by atoms with Gasteiger partial charge in [0.2, 0.25) is 5.91 Å². The molecule has 0 bridgehead atoms. The molecule has 0 aliphatic carbocycles. The van der Waals surface area contributed by atoms with Crippen molar-refractivity contribution in [1.29, 1.82) is 0 Å². The summed E-state index contributed by atoms with van der Waals surface area (Å²) in [6.45, 7) is 6.25. The van der Waals surface area contributed by atoms with E-state index < -0.39 is 6.04 Å². The minimum absolute atomic E-state index is 0.183. The highest BCUT2D eigenvalue weighted by atomic mass is 19.1. The Balaban J connectivity index is 2.10. The van der Waals surface area contributed by atoms with Crippen molar-refractivity contribution in [3.05, 3.63) is 65.5 Å². The molecule has 6 heteroatoms. The Kier molecular flexibility index (Phi) is 8.65. The topological polar surface area (TPSA) is 58.6 Å². The van der Waals surface area contributed by atoms with E-state index in [2.05, 4.69) is 5.32 Å². The summed E-state index contributed by atoms with van der Waals surface area (Å²) < 4.78 is 18.9. The summed E-state index contributed by atoms with van der Waals surface area (Å²) in [5, 5.41) is 2.86. The third kappa shape index (κ3) is 7.22. The van der Waals surface area contributed by atoms with E-state index in [1.54, 1.807) is 25.1 Å². The number of benzene rings is 2. The minimum atomic E-state index is -0.675. The molecule has 2 rings (SSSR count). The van der Waals surface area contributed by atoms with Crippen LogP contribution in [0.2, 0.25) is 0 Å². The molecule has 0 saturated carbocycles. The van der Waals surface area contributed by atoms with Crippen molar-refractivity contribution >= 4 is 11.8 Å². The van der Waals surface area contributed by atoms with Gasteiger partial charge in [0.15, 0.2) is 6.61 Å². The summed E-state index contributed by atoms with van der Waals surface area (Å²) in [5.74, 6) is -0.279. The largest absolute Gasteiger partial charge is 0.484 e. The number of aryl methyl sites for hydroxylation is 1. The maximum Gasteiger partial charge on any atom is 0.261 e. The summed E-state index contributed by atoms with van der Waals surface area (Å²) in [6, 6.07) is 12.7. The molecule has 156 valence electrons. The molecular formula is C23H29FN2O3. The average Bonchev–Trinajstić information content (AvgIpc) is 2.71. The third-order valence-electron chi connectivity index (χ3n) is 4.61. The van der Waals surface area contributed by atoms with Crippen molar-refractivity contribution in [2.45, 2.75) is 46.2 Å². The fraction of sp³-hybridized carbons (Fsp3) is 0.391. The maximum atomic E-state index is 13.2. The number of hydrogen-bond donors (Lipinski definition) is 1. The van der Waals surface area contributed by atoms with Gasteiger partial charge in [0.05, 0.1) is 0 Å². The smallest absolute Gasteiger partial charge is 0.261 e. The molecule has 5 nitrogen and oxygen atoms in total. The summed E-state index contributed by atoms with van der Waals surface area (Å²) in [4.78, 5) is 26.9. The number of carbonyl (C=O) groups excluding carboxylic acids is 2. The molecular weight excluding hydrogens is 371 g/mol. The van der Waals surface area contributed by atoms with Crippen molar-refractivity contribution in [2.24, 2.45) is 0 Å². The first kappa shape index (κ1) is 22.4. The highest BCUT2D eigenvalue weighted by molar-refractivity contribution is 5.87. The second kappa shape index (κ2) is 11.2. The molecule has 0 spiro atoms. The first-order valence-electron chi connectivity index (χ1n) is 9.91. The zero-order valence-electron chi connectivity index (χ0n) is 17.3. The summed E-state index contributed by atoms with van der Waals surface area (Å²) in [5.41, 5.74) is 1.77. The molecule has 0 aromatic heterocycles. The number of carbonyl (C=O) groups is 2. The van der Waals surface area contributed by atoms with Crippen LogP contribution in [-0.2, 0) is 16.1 Å². The first-order chi connectivity index (χ1) is 13.9. The molecule has 2 aromatic rings. The third-order valence-corrected chi connectivity index (χ3v) is 4.61. The molecule has 0 aliphatic heterocycles. The Hall–Kier alpha value is -2.89. The van der Waals surface area contributed by atoms with Crippen molar-refractivity contribution in [3.8, 4) is 5.75 Å². The van der Waals surface area contributed by atoms with Crippen molar-refractivity contribution in [2.75, 3.05) is 13.2 Å². The van der Waals surface area contributed by atoms with Crippen LogP contribution in [0.1, 0.15) is 37.8 Å². The lowest BCUT2D eigenvalue weighted by molar-refractivity contribution is -0.142. The number of hydrogen-bond acceptors (Lipinski definition) is 3. The molecule has 1 atom stereocenters. The van der Waals surface area contributed by atoms with Gasteiger partial charge in [-0.15, -0.1) is 0 Å². The number of halogens is 1. The van der Waals surface area contributed by atoms with Gasteiger partial charge >= 0.3 is 0 Å². The normalized spacial score (nSPS) is 11.6. The van der Waals surface area contributed by atoms with Crippen molar-refractivity contribution < 1.29 is 18.7 Å². The van der Waals surface area contributed by atoms with Crippen molar-refractivity contribution in [3.63, 3.8) is 0 Å². The molecule has 1 N–H and O–H groups in total. The van der Waals surface area contributed by atoms with Crippen LogP contribution < -0.4 is 10.1 Å². The van der Waals surface area contributed by atoms with Gasteiger partial charge in [0.25, 0.3) is 5.91 Å². The van der Waals surface area contributed by atoms with Gasteiger partial charge in [-0.2, -0.15) is 0 Å².